The highest BCUT2D eigenvalue weighted by molar-refractivity contribution is 6.02. The highest BCUT2D eigenvalue weighted by Crippen LogP contribution is 2.24. The van der Waals surface area contributed by atoms with Gasteiger partial charge in [0.2, 0.25) is 0 Å². The zero-order valence-corrected chi connectivity index (χ0v) is 13.6. The molecule has 0 atom stereocenters. The molecule has 0 radical (unpaired) electrons. The average molecular weight is 308 g/mol. The van der Waals surface area contributed by atoms with Gasteiger partial charge in [0.25, 0.3) is 5.91 Å². The molecule has 4 heteroatoms. The van der Waals surface area contributed by atoms with Gasteiger partial charge in [-0.05, 0) is 62.2 Å². The van der Waals surface area contributed by atoms with Gasteiger partial charge in [0.15, 0.2) is 6.61 Å². The predicted molar refractivity (Wildman–Crippen MR) is 93.1 cm³/mol. The standard InChI is InChI=1S/C19H20N2O2/c1-12-7-8-15(9-13(12)2)23-11-19(22)21-18-6-4-5-17-16(18)10-14(3)20-17/h4-10,20H,11H2,1-3H3,(H,21,22). The number of benzene rings is 2. The normalized spacial score (nSPS) is 10.7. The van der Waals surface area contributed by atoms with Crippen LogP contribution in [0.3, 0.4) is 0 Å². The molecule has 1 aromatic heterocycles. The number of nitrogens with one attached hydrogen (secondary N) is 2. The molecule has 1 heterocycles. The first kappa shape index (κ1) is 15.2. The Labute approximate surface area is 135 Å². The van der Waals surface area contributed by atoms with Crippen LogP contribution in [-0.4, -0.2) is 17.5 Å². The van der Waals surface area contributed by atoms with Crippen molar-refractivity contribution in [1.82, 2.24) is 4.98 Å². The van der Waals surface area contributed by atoms with Gasteiger partial charge in [0.1, 0.15) is 5.75 Å². The Kier molecular flexibility index (Phi) is 4.06. The summed E-state index contributed by atoms with van der Waals surface area (Å²) in [5.74, 6) is 0.536. The minimum atomic E-state index is -0.172. The van der Waals surface area contributed by atoms with E-state index in [9.17, 15) is 4.79 Å². The molecule has 0 aliphatic rings. The van der Waals surface area contributed by atoms with Gasteiger partial charge in [0.05, 0.1) is 5.69 Å². The number of aromatic nitrogens is 1. The molecule has 0 bridgehead atoms. The van der Waals surface area contributed by atoms with Gasteiger partial charge in [-0.2, -0.15) is 0 Å². The molecule has 23 heavy (non-hydrogen) atoms. The highest BCUT2D eigenvalue weighted by Gasteiger charge is 2.08. The number of anilines is 1. The molecule has 0 saturated heterocycles. The quantitative estimate of drug-likeness (QED) is 0.762. The van der Waals surface area contributed by atoms with Crippen LogP contribution in [0.15, 0.2) is 42.5 Å². The van der Waals surface area contributed by atoms with Crippen LogP contribution in [0.4, 0.5) is 5.69 Å². The van der Waals surface area contributed by atoms with Crippen LogP contribution in [0.1, 0.15) is 16.8 Å². The van der Waals surface area contributed by atoms with Crippen molar-refractivity contribution in [1.29, 1.82) is 0 Å². The van der Waals surface area contributed by atoms with Crippen molar-refractivity contribution in [3.05, 3.63) is 59.3 Å². The molecule has 0 aliphatic carbocycles. The van der Waals surface area contributed by atoms with Gasteiger partial charge in [-0.1, -0.05) is 12.1 Å². The van der Waals surface area contributed by atoms with Gasteiger partial charge in [-0.15, -0.1) is 0 Å². The maximum atomic E-state index is 12.1. The number of aromatic amines is 1. The summed E-state index contributed by atoms with van der Waals surface area (Å²) in [7, 11) is 0. The van der Waals surface area contributed by atoms with Crippen molar-refractivity contribution >= 4 is 22.5 Å². The lowest BCUT2D eigenvalue weighted by Gasteiger charge is -2.09. The molecule has 1 amide bonds. The molecule has 0 unspecified atom stereocenters. The third-order valence-corrected chi connectivity index (χ3v) is 3.92. The summed E-state index contributed by atoms with van der Waals surface area (Å²) >= 11 is 0. The van der Waals surface area contributed by atoms with Gasteiger partial charge < -0.3 is 15.0 Å². The van der Waals surface area contributed by atoms with E-state index in [0.717, 1.165) is 27.8 Å². The first-order valence-electron chi connectivity index (χ1n) is 7.61. The number of carbonyl (C=O) groups excluding carboxylic acids is 1. The van der Waals surface area contributed by atoms with Crippen LogP contribution in [0.2, 0.25) is 0 Å². The van der Waals surface area contributed by atoms with Crippen LogP contribution in [0.25, 0.3) is 10.9 Å². The summed E-state index contributed by atoms with van der Waals surface area (Å²) < 4.78 is 5.57. The summed E-state index contributed by atoms with van der Waals surface area (Å²) in [5, 5.41) is 3.91. The van der Waals surface area contributed by atoms with Crippen molar-refractivity contribution in [2.45, 2.75) is 20.8 Å². The van der Waals surface area contributed by atoms with E-state index in [-0.39, 0.29) is 12.5 Å². The second kappa shape index (κ2) is 6.16. The number of fused-ring (bicyclic) bond motifs is 1. The van der Waals surface area contributed by atoms with Gasteiger partial charge in [0, 0.05) is 16.6 Å². The van der Waals surface area contributed by atoms with E-state index in [0.29, 0.717) is 5.75 Å². The van der Waals surface area contributed by atoms with E-state index in [2.05, 4.69) is 10.3 Å². The lowest BCUT2D eigenvalue weighted by Crippen LogP contribution is -2.20. The molecule has 2 N–H and O–H groups in total. The third-order valence-electron chi connectivity index (χ3n) is 3.92. The van der Waals surface area contributed by atoms with Crippen molar-refractivity contribution in [2.75, 3.05) is 11.9 Å². The Bertz CT molecular complexity index is 865. The Morgan fingerprint density at radius 3 is 2.70 bits per heavy atom. The average Bonchev–Trinajstić information content (AvgIpc) is 2.90. The van der Waals surface area contributed by atoms with Crippen LogP contribution in [0, 0.1) is 20.8 Å². The summed E-state index contributed by atoms with van der Waals surface area (Å²) in [5.41, 5.74) is 5.22. The number of carbonyl (C=O) groups is 1. The molecule has 118 valence electrons. The molecule has 3 rings (SSSR count). The molecule has 0 spiro atoms. The summed E-state index contributed by atoms with van der Waals surface area (Å²) in [6.07, 6.45) is 0. The monoisotopic (exact) mass is 308 g/mol. The van der Waals surface area contributed by atoms with Crippen molar-refractivity contribution < 1.29 is 9.53 Å². The fraction of sp³-hybridized carbons (Fsp3) is 0.211. The Balaban J connectivity index is 1.67. The third kappa shape index (κ3) is 3.37. The largest absolute Gasteiger partial charge is 0.484 e. The van der Waals surface area contributed by atoms with Gasteiger partial charge >= 0.3 is 0 Å². The SMILES string of the molecule is Cc1cc2c(NC(=O)COc3ccc(C)c(C)c3)cccc2[nH]1. The maximum Gasteiger partial charge on any atom is 0.262 e. The van der Waals surface area contributed by atoms with E-state index in [1.54, 1.807) is 0 Å². The summed E-state index contributed by atoms with van der Waals surface area (Å²) in [4.78, 5) is 15.4. The predicted octanol–water partition coefficient (Wildman–Crippen LogP) is 4.11. The minimum Gasteiger partial charge on any atom is -0.484 e. The van der Waals surface area contributed by atoms with Crippen LogP contribution in [0.5, 0.6) is 5.75 Å². The number of aryl methyl sites for hydroxylation is 3. The first-order valence-corrected chi connectivity index (χ1v) is 7.61. The van der Waals surface area contributed by atoms with Crippen LogP contribution >= 0.6 is 0 Å². The number of hydrogen-bond donors (Lipinski definition) is 2. The van der Waals surface area contributed by atoms with Crippen LogP contribution < -0.4 is 10.1 Å². The van der Waals surface area contributed by atoms with Crippen molar-refractivity contribution in [3.8, 4) is 5.75 Å². The number of hydrogen-bond acceptors (Lipinski definition) is 2. The van der Waals surface area contributed by atoms with E-state index < -0.39 is 0 Å². The smallest absolute Gasteiger partial charge is 0.262 e. The zero-order chi connectivity index (χ0) is 16.4. The van der Waals surface area contributed by atoms with E-state index >= 15 is 0 Å². The lowest BCUT2D eigenvalue weighted by molar-refractivity contribution is -0.118. The fourth-order valence-electron chi connectivity index (χ4n) is 2.54. The van der Waals surface area contributed by atoms with E-state index in [1.165, 1.54) is 5.56 Å². The summed E-state index contributed by atoms with van der Waals surface area (Å²) in [6.45, 7) is 6.05. The molecular weight excluding hydrogens is 288 g/mol. The van der Waals surface area contributed by atoms with E-state index in [1.807, 2.05) is 63.2 Å². The second-order valence-electron chi connectivity index (χ2n) is 5.80. The molecule has 4 nitrogen and oxygen atoms in total. The molecule has 0 aliphatic heterocycles. The minimum absolute atomic E-state index is 0.0116. The zero-order valence-electron chi connectivity index (χ0n) is 13.6. The van der Waals surface area contributed by atoms with E-state index in [4.69, 9.17) is 4.74 Å². The lowest BCUT2D eigenvalue weighted by atomic mass is 10.1. The number of amides is 1. The number of H-pyrrole nitrogens is 1. The van der Waals surface area contributed by atoms with Gasteiger partial charge in [-0.3, -0.25) is 4.79 Å². The molecule has 0 saturated carbocycles. The summed E-state index contributed by atoms with van der Waals surface area (Å²) in [6, 6.07) is 13.6. The first-order chi connectivity index (χ1) is 11.0. The molecule has 3 aromatic rings. The second-order valence-corrected chi connectivity index (χ2v) is 5.80. The number of rotatable bonds is 4. The topological polar surface area (TPSA) is 54.1 Å². The van der Waals surface area contributed by atoms with Crippen molar-refractivity contribution in [2.24, 2.45) is 0 Å². The maximum absolute atomic E-state index is 12.1. The Hall–Kier alpha value is -2.75. The molecule has 0 fully saturated rings. The Morgan fingerprint density at radius 1 is 1.09 bits per heavy atom. The Morgan fingerprint density at radius 2 is 1.91 bits per heavy atom. The molecule has 2 aromatic carbocycles. The molecular formula is C19H20N2O2. The van der Waals surface area contributed by atoms with Crippen LogP contribution in [-0.2, 0) is 4.79 Å². The fourth-order valence-corrected chi connectivity index (χ4v) is 2.54. The highest BCUT2D eigenvalue weighted by atomic mass is 16.5. The number of ether oxygens (including phenoxy) is 1. The van der Waals surface area contributed by atoms with Crippen molar-refractivity contribution in [3.63, 3.8) is 0 Å². The van der Waals surface area contributed by atoms with Gasteiger partial charge in [-0.25, -0.2) is 0 Å².